The second-order valence-corrected chi connectivity index (χ2v) is 6.44. The lowest BCUT2D eigenvalue weighted by molar-refractivity contribution is -0.126. The second-order valence-electron chi connectivity index (χ2n) is 6.44. The smallest absolute Gasteiger partial charge is 0.319 e. The van der Waals surface area contributed by atoms with Crippen molar-refractivity contribution in [2.45, 2.75) is 38.1 Å². The minimum absolute atomic E-state index is 0. The SMILES string of the molecule is Cl.O=C(NC1CCNC1)C1CCN(C(=O)N2CCCC2)CC1. The first-order valence-corrected chi connectivity index (χ1v) is 8.29. The Morgan fingerprint density at radius 1 is 0.955 bits per heavy atom. The van der Waals surface area contributed by atoms with Crippen LogP contribution in [0.3, 0.4) is 0 Å². The standard InChI is InChI=1S/C15H26N4O2.ClH/c20-14(17-13-3-6-16-11-13)12-4-9-19(10-5-12)15(21)18-7-1-2-8-18;/h12-13,16H,1-11H2,(H,17,20);1H. The molecular weight excluding hydrogens is 304 g/mol. The van der Waals surface area contributed by atoms with Crippen LogP contribution < -0.4 is 10.6 Å². The Morgan fingerprint density at radius 3 is 2.18 bits per heavy atom. The Bertz CT molecular complexity index is 387. The fourth-order valence-corrected chi connectivity index (χ4v) is 3.54. The number of carbonyl (C=O) groups is 2. The van der Waals surface area contributed by atoms with Crippen LogP contribution in [0, 0.1) is 5.92 Å². The number of rotatable bonds is 2. The largest absolute Gasteiger partial charge is 0.352 e. The van der Waals surface area contributed by atoms with E-state index in [4.69, 9.17) is 0 Å². The highest BCUT2D eigenvalue weighted by Crippen LogP contribution is 2.20. The number of halogens is 1. The minimum atomic E-state index is 0. The van der Waals surface area contributed by atoms with Gasteiger partial charge in [0.1, 0.15) is 0 Å². The molecular formula is C15H27ClN4O2. The average Bonchev–Trinajstić information content (AvgIpc) is 3.20. The predicted octanol–water partition coefficient (Wildman–Crippen LogP) is 0.814. The number of nitrogens with one attached hydrogen (secondary N) is 2. The first-order valence-electron chi connectivity index (χ1n) is 8.29. The van der Waals surface area contributed by atoms with E-state index in [0.29, 0.717) is 6.04 Å². The molecule has 3 rings (SSSR count). The third-order valence-electron chi connectivity index (χ3n) is 4.92. The molecule has 3 fully saturated rings. The quantitative estimate of drug-likeness (QED) is 0.787. The molecule has 0 aromatic heterocycles. The lowest BCUT2D eigenvalue weighted by Crippen LogP contribution is -2.48. The molecule has 0 aliphatic carbocycles. The first-order chi connectivity index (χ1) is 10.2. The molecule has 0 aromatic rings. The van der Waals surface area contributed by atoms with Crippen molar-refractivity contribution in [1.82, 2.24) is 20.4 Å². The van der Waals surface area contributed by atoms with Crippen molar-refractivity contribution in [3.05, 3.63) is 0 Å². The van der Waals surface area contributed by atoms with Gasteiger partial charge in [0, 0.05) is 44.7 Å². The summed E-state index contributed by atoms with van der Waals surface area (Å²) in [6.45, 7) is 5.11. The van der Waals surface area contributed by atoms with E-state index in [1.54, 1.807) is 0 Å². The lowest BCUT2D eigenvalue weighted by atomic mass is 9.95. The normalized spacial score (nSPS) is 25.9. The van der Waals surface area contributed by atoms with Crippen LogP contribution in [0.2, 0.25) is 0 Å². The molecule has 6 nitrogen and oxygen atoms in total. The number of amides is 3. The average molecular weight is 331 g/mol. The summed E-state index contributed by atoms with van der Waals surface area (Å²) in [6, 6.07) is 0.466. The van der Waals surface area contributed by atoms with E-state index >= 15 is 0 Å². The van der Waals surface area contributed by atoms with Crippen LogP contribution in [0.5, 0.6) is 0 Å². The van der Waals surface area contributed by atoms with Crippen LogP contribution in [0.25, 0.3) is 0 Å². The van der Waals surface area contributed by atoms with Crippen LogP contribution >= 0.6 is 12.4 Å². The summed E-state index contributed by atoms with van der Waals surface area (Å²) in [5, 5.41) is 6.39. The van der Waals surface area contributed by atoms with Gasteiger partial charge in [-0.2, -0.15) is 0 Å². The summed E-state index contributed by atoms with van der Waals surface area (Å²) in [5.41, 5.74) is 0. The fourth-order valence-electron chi connectivity index (χ4n) is 3.54. The highest BCUT2D eigenvalue weighted by molar-refractivity contribution is 5.85. The van der Waals surface area contributed by atoms with Gasteiger partial charge in [-0.15, -0.1) is 12.4 Å². The molecule has 3 amide bonds. The van der Waals surface area contributed by atoms with Gasteiger partial charge in [0.25, 0.3) is 0 Å². The summed E-state index contributed by atoms with van der Waals surface area (Å²) in [4.78, 5) is 28.4. The summed E-state index contributed by atoms with van der Waals surface area (Å²) in [5.74, 6) is 0.255. The highest BCUT2D eigenvalue weighted by atomic mass is 35.5. The van der Waals surface area contributed by atoms with E-state index in [2.05, 4.69) is 10.6 Å². The van der Waals surface area contributed by atoms with E-state index in [1.807, 2.05) is 9.80 Å². The van der Waals surface area contributed by atoms with Gasteiger partial charge in [0.05, 0.1) is 0 Å². The number of urea groups is 1. The van der Waals surface area contributed by atoms with Crippen molar-refractivity contribution in [2.24, 2.45) is 5.92 Å². The molecule has 1 atom stereocenters. The number of piperidine rings is 1. The Hall–Kier alpha value is -1.01. The molecule has 0 bridgehead atoms. The van der Waals surface area contributed by atoms with E-state index in [-0.39, 0.29) is 30.3 Å². The van der Waals surface area contributed by atoms with Gasteiger partial charge in [0.15, 0.2) is 0 Å². The van der Waals surface area contributed by atoms with Crippen molar-refractivity contribution in [3.63, 3.8) is 0 Å². The zero-order valence-electron chi connectivity index (χ0n) is 13.1. The Morgan fingerprint density at radius 2 is 1.59 bits per heavy atom. The van der Waals surface area contributed by atoms with Gasteiger partial charge in [0.2, 0.25) is 5.91 Å². The second kappa shape index (κ2) is 8.02. The number of carbonyl (C=O) groups excluding carboxylic acids is 2. The zero-order valence-corrected chi connectivity index (χ0v) is 13.9. The zero-order chi connectivity index (χ0) is 14.7. The van der Waals surface area contributed by atoms with Crippen LogP contribution in [0.1, 0.15) is 32.1 Å². The van der Waals surface area contributed by atoms with E-state index < -0.39 is 0 Å². The van der Waals surface area contributed by atoms with Crippen LogP contribution in [0.15, 0.2) is 0 Å². The number of hydrogen-bond donors (Lipinski definition) is 2. The predicted molar refractivity (Wildman–Crippen MR) is 87.2 cm³/mol. The third-order valence-corrected chi connectivity index (χ3v) is 4.92. The Kier molecular flexibility index (Phi) is 6.32. The summed E-state index contributed by atoms with van der Waals surface area (Å²) >= 11 is 0. The molecule has 0 aromatic carbocycles. The van der Waals surface area contributed by atoms with Crippen LogP contribution in [0.4, 0.5) is 4.79 Å². The Balaban J connectivity index is 0.00000176. The van der Waals surface area contributed by atoms with Crippen molar-refractivity contribution >= 4 is 24.3 Å². The Labute approximate surface area is 138 Å². The number of nitrogens with zero attached hydrogens (tertiary/aromatic N) is 2. The lowest BCUT2D eigenvalue weighted by Gasteiger charge is -2.34. The molecule has 3 aliphatic heterocycles. The van der Waals surface area contributed by atoms with E-state index in [9.17, 15) is 9.59 Å². The maximum absolute atomic E-state index is 12.3. The van der Waals surface area contributed by atoms with Crippen molar-refractivity contribution < 1.29 is 9.59 Å². The molecule has 3 heterocycles. The van der Waals surface area contributed by atoms with Crippen molar-refractivity contribution in [1.29, 1.82) is 0 Å². The maximum atomic E-state index is 12.3. The molecule has 0 spiro atoms. The van der Waals surface area contributed by atoms with Gasteiger partial charge in [-0.05, 0) is 38.6 Å². The fraction of sp³-hybridized carbons (Fsp3) is 0.867. The molecule has 3 aliphatic rings. The number of likely N-dealkylation sites (tertiary alicyclic amines) is 2. The first kappa shape index (κ1) is 17.3. The molecule has 3 saturated heterocycles. The summed E-state index contributed by atoms with van der Waals surface area (Å²) in [6.07, 6.45) is 4.87. The summed E-state index contributed by atoms with van der Waals surface area (Å²) in [7, 11) is 0. The van der Waals surface area contributed by atoms with Crippen LogP contribution in [-0.2, 0) is 4.79 Å². The van der Waals surface area contributed by atoms with Crippen molar-refractivity contribution in [3.8, 4) is 0 Å². The maximum Gasteiger partial charge on any atom is 0.319 e. The number of hydrogen-bond acceptors (Lipinski definition) is 3. The minimum Gasteiger partial charge on any atom is -0.352 e. The summed E-state index contributed by atoms with van der Waals surface area (Å²) < 4.78 is 0. The van der Waals surface area contributed by atoms with Gasteiger partial charge in [-0.25, -0.2) is 4.79 Å². The topological polar surface area (TPSA) is 64.7 Å². The molecule has 1 unspecified atom stereocenters. The van der Waals surface area contributed by atoms with Gasteiger partial charge < -0.3 is 20.4 Å². The molecule has 126 valence electrons. The van der Waals surface area contributed by atoms with Gasteiger partial charge in [-0.1, -0.05) is 0 Å². The van der Waals surface area contributed by atoms with Gasteiger partial charge >= 0.3 is 6.03 Å². The molecule has 22 heavy (non-hydrogen) atoms. The molecule has 0 radical (unpaired) electrons. The van der Waals surface area contributed by atoms with E-state index in [0.717, 1.165) is 71.4 Å². The van der Waals surface area contributed by atoms with Crippen LogP contribution in [-0.4, -0.2) is 67.0 Å². The van der Waals surface area contributed by atoms with E-state index in [1.165, 1.54) is 0 Å². The molecule has 7 heteroatoms. The third kappa shape index (κ3) is 4.04. The molecule has 2 N–H and O–H groups in total. The highest BCUT2D eigenvalue weighted by Gasteiger charge is 2.31. The van der Waals surface area contributed by atoms with Gasteiger partial charge in [-0.3, -0.25) is 4.79 Å². The molecule has 0 saturated carbocycles. The monoisotopic (exact) mass is 330 g/mol. The van der Waals surface area contributed by atoms with Crippen molar-refractivity contribution in [2.75, 3.05) is 39.3 Å².